The van der Waals surface area contributed by atoms with Crippen molar-refractivity contribution in [3.05, 3.63) is 93.7 Å². The minimum atomic E-state index is -3.46. The van der Waals surface area contributed by atoms with Crippen molar-refractivity contribution in [1.29, 1.82) is 0 Å². The maximum atomic E-state index is 14.1. The SMILES string of the molecule is CCOc1cc([C@@H](CS(C)(=O)=O)n2c(=O)[nH]c3cc(Cc4ccccc4F)ccc32)ccc1OC. The van der Waals surface area contributed by atoms with Crippen LogP contribution in [0.15, 0.2) is 65.5 Å². The first kappa shape index (κ1) is 24.5. The fourth-order valence-corrected chi connectivity index (χ4v) is 5.15. The Bertz CT molecular complexity index is 1520. The quantitative estimate of drug-likeness (QED) is 0.375. The maximum Gasteiger partial charge on any atom is 0.327 e. The topological polar surface area (TPSA) is 90.4 Å². The Labute approximate surface area is 203 Å². The van der Waals surface area contributed by atoms with Gasteiger partial charge in [-0.3, -0.25) is 4.57 Å². The van der Waals surface area contributed by atoms with E-state index in [0.717, 1.165) is 11.8 Å². The number of sulfone groups is 1. The molecule has 9 heteroatoms. The number of hydrogen-bond acceptors (Lipinski definition) is 5. The average molecular weight is 499 g/mol. The summed E-state index contributed by atoms with van der Waals surface area (Å²) in [6, 6.07) is 16.2. The van der Waals surface area contributed by atoms with Gasteiger partial charge in [-0.25, -0.2) is 17.6 Å². The Morgan fingerprint density at radius 2 is 1.83 bits per heavy atom. The molecule has 0 aliphatic carbocycles. The Hall–Kier alpha value is -3.59. The second-order valence-electron chi connectivity index (χ2n) is 8.37. The monoisotopic (exact) mass is 498 g/mol. The number of aromatic amines is 1. The molecule has 1 atom stereocenters. The number of methoxy groups -OCH3 is 1. The zero-order valence-corrected chi connectivity index (χ0v) is 20.6. The van der Waals surface area contributed by atoms with E-state index in [1.54, 1.807) is 48.5 Å². The van der Waals surface area contributed by atoms with Gasteiger partial charge in [0, 0.05) is 12.7 Å². The van der Waals surface area contributed by atoms with Crippen molar-refractivity contribution in [2.45, 2.75) is 19.4 Å². The van der Waals surface area contributed by atoms with Crippen LogP contribution in [0.5, 0.6) is 11.5 Å². The first-order valence-electron chi connectivity index (χ1n) is 11.1. The van der Waals surface area contributed by atoms with Crippen molar-refractivity contribution in [2.75, 3.05) is 25.7 Å². The van der Waals surface area contributed by atoms with E-state index in [-0.39, 0.29) is 11.6 Å². The summed E-state index contributed by atoms with van der Waals surface area (Å²) in [6.07, 6.45) is 1.50. The zero-order valence-electron chi connectivity index (χ0n) is 19.7. The molecular weight excluding hydrogens is 471 g/mol. The van der Waals surface area contributed by atoms with Gasteiger partial charge in [0.25, 0.3) is 0 Å². The van der Waals surface area contributed by atoms with Gasteiger partial charge in [0.05, 0.1) is 36.5 Å². The van der Waals surface area contributed by atoms with Crippen LogP contribution in [-0.4, -0.2) is 43.7 Å². The van der Waals surface area contributed by atoms with Crippen LogP contribution in [0.2, 0.25) is 0 Å². The molecule has 1 heterocycles. The number of fused-ring (bicyclic) bond motifs is 1. The van der Waals surface area contributed by atoms with Gasteiger partial charge in [0.1, 0.15) is 15.7 Å². The normalized spacial score (nSPS) is 12.6. The van der Waals surface area contributed by atoms with Crippen LogP contribution in [0.1, 0.15) is 29.7 Å². The van der Waals surface area contributed by atoms with E-state index in [2.05, 4.69) is 4.98 Å². The van der Waals surface area contributed by atoms with Gasteiger partial charge in [-0.1, -0.05) is 30.3 Å². The van der Waals surface area contributed by atoms with Gasteiger partial charge in [0.2, 0.25) is 0 Å². The van der Waals surface area contributed by atoms with Crippen molar-refractivity contribution in [1.82, 2.24) is 9.55 Å². The number of aromatic nitrogens is 2. The van der Waals surface area contributed by atoms with E-state index < -0.39 is 21.6 Å². The highest BCUT2D eigenvalue weighted by Gasteiger charge is 2.25. The Balaban J connectivity index is 1.81. The number of nitrogens with one attached hydrogen (secondary N) is 1. The number of rotatable bonds is 9. The van der Waals surface area contributed by atoms with E-state index in [4.69, 9.17) is 9.47 Å². The number of H-pyrrole nitrogens is 1. The molecule has 0 bridgehead atoms. The summed E-state index contributed by atoms with van der Waals surface area (Å²) in [7, 11) is -1.94. The molecular formula is C26H27FN2O5S. The first-order chi connectivity index (χ1) is 16.7. The molecule has 0 amide bonds. The van der Waals surface area contributed by atoms with E-state index in [1.807, 2.05) is 13.0 Å². The number of ether oxygens (including phenoxy) is 2. The van der Waals surface area contributed by atoms with Crippen molar-refractivity contribution in [3.8, 4) is 11.5 Å². The minimum absolute atomic E-state index is 0.283. The molecule has 184 valence electrons. The largest absolute Gasteiger partial charge is 0.493 e. The Morgan fingerprint density at radius 1 is 1.06 bits per heavy atom. The molecule has 0 aliphatic rings. The second-order valence-corrected chi connectivity index (χ2v) is 10.6. The first-order valence-corrected chi connectivity index (χ1v) is 13.2. The number of hydrogen-bond donors (Lipinski definition) is 1. The lowest BCUT2D eigenvalue weighted by Gasteiger charge is -2.20. The van der Waals surface area contributed by atoms with Gasteiger partial charge < -0.3 is 14.5 Å². The van der Waals surface area contributed by atoms with Gasteiger partial charge in [-0.05, 0) is 53.9 Å². The summed E-state index contributed by atoms with van der Waals surface area (Å²) in [4.78, 5) is 15.9. The summed E-state index contributed by atoms with van der Waals surface area (Å²) in [6.45, 7) is 2.23. The number of benzene rings is 3. The van der Waals surface area contributed by atoms with Crippen molar-refractivity contribution in [3.63, 3.8) is 0 Å². The van der Waals surface area contributed by atoms with Crippen molar-refractivity contribution >= 4 is 20.9 Å². The molecule has 0 saturated carbocycles. The third-order valence-corrected chi connectivity index (χ3v) is 6.70. The highest BCUT2D eigenvalue weighted by Crippen LogP contribution is 2.33. The highest BCUT2D eigenvalue weighted by atomic mass is 32.2. The fourth-order valence-electron chi connectivity index (χ4n) is 4.23. The van der Waals surface area contributed by atoms with Gasteiger partial charge in [-0.2, -0.15) is 0 Å². The van der Waals surface area contributed by atoms with E-state index in [0.29, 0.717) is 46.7 Å². The highest BCUT2D eigenvalue weighted by molar-refractivity contribution is 7.90. The third-order valence-electron chi connectivity index (χ3n) is 5.78. The van der Waals surface area contributed by atoms with Gasteiger partial charge in [-0.15, -0.1) is 0 Å². The van der Waals surface area contributed by atoms with E-state index >= 15 is 0 Å². The molecule has 35 heavy (non-hydrogen) atoms. The predicted octanol–water partition coefficient (Wildman–Crippen LogP) is 4.10. The molecule has 0 aliphatic heterocycles. The van der Waals surface area contributed by atoms with Gasteiger partial charge in [0.15, 0.2) is 11.5 Å². The fraction of sp³-hybridized carbons (Fsp3) is 0.269. The van der Waals surface area contributed by atoms with Crippen LogP contribution in [0, 0.1) is 5.82 Å². The predicted molar refractivity (Wildman–Crippen MR) is 134 cm³/mol. The summed E-state index contributed by atoms with van der Waals surface area (Å²) < 4.78 is 51.3. The zero-order chi connectivity index (χ0) is 25.2. The minimum Gasteiger partial charge on any atom is -0.493 e. The summed E-state index contributed by atoms with van der Waals surface area (Å²) >= 11 is 0. The standard InChI is InChI=1S/C26H27FN2O5S/c1-4-34-25-15-19(10-12-24(25)33-2)23(16-35(3,31)32)29-22-11-9-17(14-21(22)28-26(29)30)13-18-7-5-6-8-20(18)27/h5-12,14-15,23H,4,13,16H2,1-3H3,(H,28,30)/t23-/m1/s1. The summed E-state index contributed by atoms with van der Waals surface area (Å²) in [5.74, 6) is 0.398. The molecule has 0 fully saturated rings. The lowest BCUT2D eigenvalue weighted by Crippen LogP contribution is -2.28. The summed E-state index contributed by atoms with van der Waals surface area (Å²) in [5, 5.41) is 0. The molecule has 4 aromatic rings. The van der Waals surface area contributed by atoms with E-state index in [1.165, 1.54) is 17.7 Å². The lowest BCUT2D eigenvalue weighted by molar-refractivity contribution is 0.310. The van der Waals surface area contributed by atoms with Crippen molar-refractivity contribution in [2.24, 2.45) is 0 Å². The third kappa shape index (κ3) is 5.40. The van der Waals surface area contributed by atoms with Crippen LogP contribution >= 0.6 is 0 Å². The maximum absolute atomic E-state index is 14.1. The molecule has 0 saturated heterocycles. The van der Waals surface area contributed by atoms with Crippen LogP contribution in [-0.2, 0) is 16.3 Å². The molecule has 1 N–H and O–H groups in total. The summed E-state index contributed by atoms with van der Waals surface area (Å²) in [5.41, 5.74) is 2.61. The van der Waals surface area contributed by atoms with Crippen molar-refractivity contribution < 1.29 is 22.3 Å². The molecule has 3 aromatic carbocycles. The second kappa shape index (κ2) is 9.95. The number of nitrogens with zero attached hydrogens (tertiary/aromatic N) is 1. The van der Waals surface area contributed by atoms with Crippen LogP contribution < -0.4 is 15.2 Å². The van der Waals surface area contributed by atoms with Crippen LogP contribution in [0.3, 0.4) is 0 Å². The molecule has 4 rings (SSSR count). The molecule has 0 unspecified atom stereocenters. The Morgan fingerprint density at radius 3 is 2.51 bits per heavy atom. The molecule has 0 spiro atoms. The smallest absolute Gasteiger partial charge is 0.327 e. The molecule has 1 aromatic heterocycles. The van der Waals surface area contributed by atoms with E-state index in [9.17, 15) is 17.6 Å². The molecule has 0 radical (unpaired) electrons. The number of imidazole rings is 1. The average Bonchev–Trinajstić information content (AvgIpc) is 3.13. The number of halogens is 1. The van der Waals surface area contributed by atoms with Gasteiger partial charge >= 0.3 is 5.69 Å². The van der Waals surface area contributed by atoms with Crippen LogP contribution in [0.4, 0.5) is 4.39 Å². The Kier molecular flexibility index (Phi) is 6.98. The molecule has 7 nitrogen and oxygen atoms in total. The lowest BCUT2D eigenvalue weighted by atomic mass is 10.0. The van der Waals surface area contributed by atoms with Crippen LogP contribution in [0.25, 0.3) is 11.0 Å².